The summed E-state index contributed by atoms with van der Waals surface area (Å²) < 4.78 is 4.85. The molecule has 0 aromatic heterocycles. The van der Waals surface area contributed by atoms with Gasteiger partial charge in [0.1, 0.15) is 0 Å². The van der Waals surface area contributed by atoms with Gasteiger partial charge in [0.05, 0.1) is 0 Å². The first-order valence-corrected chi connectivity index (χ1v) is 7.57. The Hall–Kier alpha value is -2.13. The second kappa shape index (κ2) is 5.47. The summed E-state index contributed by atoms with van der Waals surface area (Å²) in [5, 5.41) is 4.93. The van der Waals surface area contributed by atoms with E-state index in [2.05, 4.69) is 54.6 Å². The third kappa shape index (κ3) is 2.45. The van der Waals surface area contributed by atoms with Gasteiger partial charge in [-0.15, -0.1) is 0 Å². The Morgan fingerprint density at radius 1 is 0.950 bits per heavy atom. The molecule has 0 aliphatic rings. The molecule has 3 aromatic carbocycles. The maximum absolute atomic E-state index is 11.3. The highest BCUT2D eigenvalue weighted by atomic mass is 28.2. The van der Waals surface area contributed by atoms with Gasteiger partial charge in [0.15, 0.2) is 0 Å². The minimum atomic E-state index is -0.102. The van der Waals surface area contributed by atoms with Gasteiger partial charge in [-0.3, -0.25) is 4.79 Å². The lowest BCUT2D eigenvalue weighted by Gasteiger charge is -2.08. The first-order chi connectivity index (χ1) is 9.78. The molecule has 0 amide bonds. The normalized spacial score (nSPS) is 11.0. The predicted molar refractivity (Wildman–Crippen MR) is 85.8 cm³/mol. The summed E-state index contributed by atoms with van der Waals surface area (Å²) >= 11 is 0. The number of carbonyl (C=O) groups excluding carboxylic acids is 1. The van der Waals surface area contributed by atoms with Crippen LogP contribution in [0.3, 0.4) is 0 Å². The maximum atomic E-state index is 11.3. The third-order valence-corrected chi connectivity index (χ3v) is 4.12. The molecule has 0 aliphatic heterocycles. The van der Waals surface area contributed by atoms with Crippen molar-refractivity contribution in [2.75, 3.05) is 0 Å². The van der Waals surface area contributed by atoms with Crippen LogP contribution in [-0.2, 0) is 15.6 Å². The lowest BCUT2D eigenvalue weighted by atomic mass is 9.97. The van der Waals surface area contributed by atoms with Crippen molar-refractivity contribution in [3.05, 3.63) is 60.2 Å². The maximum Gasteiger partial charge on any atom is 0.292 e. The number of carbonyl (C=O) groups is 1. The Kier molecular flexibility index (Phi) is 3.52. The summed E-state index contributed by atoms with van der Waals surface area (Å²) in [6.07, 6.45) is 1.19. The molecule has 0 fully saturated rings. The third-order valence-electron chi connectivity index (χ3n) is 3.66. The van der Waals surface area contributed by atoms with E-state index in [1.54, 1.807) is 0 Å². The topological polar surface area (TPSA) is 26.3 Å². The summed E-state index contributed by atoms with van der Waals surface area (Å²) in [6.45, 7) is 0. The molecule has 2 nitrogen and oxygen atoms in total. The quantitative estimate of drug-likeness (QED) is 0.545. The highest BCUT2D eigenvalue weighted by molar-refractivity contribution is 6.05. The molecule has 0 unspecified atom stereocenters. The Labute approximate surface area is 120 Å². The van der Waals surface area contributed by atoms with Gasteiger partial charge < -0.3 is 4.43 Å². The van der Waals surface area contributed by atoms with Crippen molar-refractivity contribution in [2.45, 2.75) is 12.8 Å². The summed E-state index contributed by atoms with van der Waals surface area (Å²) in [5.74, 6) is -0.102. The van der Waals surface area contributed by atoms with Crippen molar-refractivity contribution in [3.8, 4) is 0 Å². The van der Waals surface area contributed by atoms with E-state index < -0.39 is 0 Å². The summed E-state index contributed by atoms with van der Waals surface area (Å²) in [6, 6.07) is 19.0. The van der Waals surface area contributed by atoms with Crippen molar-refractivity contribution >= 4 is 38.0 Å². The van der Waals surface area contributed by atoms with Gasteiger partial charge >= 0.3 is 0 Å². The number of hydrogen-bond acceptors (Lipinski definition) is 2. The molecule has 0 saturated heterocycles. The summed E-state index contributed by atoms with van der Waals surface area (Å²) in [5.41, 5.74) is 1.21. The molecule has 0 N–H and O–H groups in total. The average molecular weight is 280 g/mol. The van der Waals surface area contributed by atoms with Crippen molar-refractivity contribution in [2.24, 2.45) is 0 Å². The smallest absolute Gasteiger partial charge is 0.292 e. The molecule has 0 aliphatic carbocycles. The first kappa shape index (κ1) is 12.9. The largest absolute Gasteiger partial charge is 0.529 e. The standard InChI is InChI=1S/C17H16O2Si/c18-17(19-20)9-8-12-6-3-7-15-10-13-4-1-2-5-14(13)11-16(12)15/h1-7,10-11H,8-9H2,20H3. The Morgan fingerprint density at radius 2 is 1.65 bits per heavy atom. The van der Waals surface area contributed by atoms with Gasteiger partial charge in [0, 0.05) is 6.42 Å². The van der Waals surface area contributed by atoms with Crippen LogP contribution >= 0.6 is 0 Å². The summed E-state index contributed by atoms with van der Waals surface area (Å²) in [4.78, 5) is 11.3. The fraction of sp³-hybridized carbons (Fsp3) is 0.118. The zero-order valence-electron chi connectivity index (χ0n) is 11.4. The van der Waals surface area contributed by atoms with Crippen LogP contribution in [0.5, 0.6) is 0 Å². The van der Waals surface area contributed by atoms with Crippen LogP contribution in [0.4, 0.5) is 0 Å². The van der Waals surface area contributed by atoms with Gasteiger partial charge in [-0.05, 0) is 45.7 Å². The number of benzene rings is 3. The van der Waals surface area contributed by atoms with E-state index in [-0.39, 0.29) is 5.97 Å². The minimum Gasteiger partial charge on any atom is -0.529 e. The second-order valence-electron chi connectivity index (χ2n) is 4.91. The van der Waals surface area contributed by atoms with Crippen molar-refractivity contribution in [1.82, 2.24) is 0 Å². The molecule has 0 saturated carbocycles. The molecule has 3 heteroatoms. The Morgan fingerprint density at radius 3 is 2.40 bits per heavy atom. The van der Waals surface area contributed by atoms with Crippen LogP contribution in [0, 0.1) is 0 Å². The van der Waals surface area contributed by atoms with Crippen LogP contribution in [0.1, 0.15) is 12.0 Å². The van der Waals surface area contributed by atoms with Crippen LogP contribution in [0.15, 0.2) is 54.6 Å². The minimum absolute atomic E-state index is 0.102. The predicted octanol–water partition coefficient (Wildman–Crippen LogP) is 2.75. The molecular weight excluding hydrogens is 264 g/mol. The summed E-state index contributed by atoms with van der Waals surface area (Å²) in [7, 11) is 0.473. The molecule has 3 aromatic rings. The number of fused-ring (bicyclic) bond motifs is 2. The fourth-order valence-electron chi connectivity index (χ4n) is 2.59. The second-order valence-corrected chi connectivity index (χ2v) is 5.32. The van der Waals surface area contributed by atoms with Crippen molar-refractivity contribution in [1.29, 1.82) is 0 Å². The molecule has 0 bridgehead atoms. The zero-order chi connectivity index (χ0) is 13.9. The molecule has 0 atom stereocenters. The van der Waals surface area contributed by atoms with Gasteiger partial charge in [-0.25, -0.2) is 0 Å². The van der Waals surface area contributed by atoms with Crippen molar-refractivity contribution < 1.29 is 9.22 Å². The number of rotatable bonds is 3. The van der Waals surface area contributed by atoms with E-state index >= 15 is 0 Å². The highest BCUT2D eigenvalue weighted by Crippen LogP contribution is 2.26. The van der Waals surface area contributed by atoms with Crippen LogP contribution in [-0.4, -0.2) is 16.5 Å². The number of aryl methyl sites for hydroxylation is 1. The van der Waals surface area contributed by atoms with Gasteiger partial charge in [-0.2, -0.15) is 0 Å². The van der Waals surface area contributed by atoms with Crippen LogP contribution in [0.25, 0.3) is 21.5 Å². The van der Waals surface area contributed by atoms with E-state index in [0.717, 1.165) is 6.42 Å². The first-order valence-electron chi connectivity index (χ1n) is 6.75. The van der Waals surface area contributed by atoms with E-state index in [9.17, 15) is 4.79 Å². The van der Waals surface area contributed by atoms with E-state index in [1.165, 1.54) is 27.1 Å². The van der Waals surface area contributed by atoms with Gasteiger partial charge in [-0.1, -0.05) is 42.5 Å². The zero-order valence-corrected chi connectivity index (χ0v) is 13.4. The molecular formula is C17H16O2Si. The lowest BCUT2D eigenvalue weighted by Crippen LogP contribution is -2.03. The molecule has 0 heterocycles. The van der Waals surface area contributed by atoms with Crippen molar-refractivity contribution in [3.63, 3.8) is 0 Å². The van der Waals surface area contributed by atoms with Crippen LogP contribution in [0.2, 0.25) is 0 Å². The van der Waals surface area contributed by atoms with E-state index in [0.29, 0.717) is 16.9 Å². The Balaban J connectivity index is 2.08. The van der Waals surface area contributed by atoms with Gasteiger partial charge in [0.2, 0.25) is 10.5 Å². The van der Waals surface area contributed by atoms with Crippen LogP contribution < -0.4 is 0 Å². The average Bonchev–Trinajstić information content (AvgIpc) is 2.50. The fourth-order valence-corrected chi connectivity index (χ4v) is 2.79. The Bertz CT molecular complexity index is 780. The molecule has 100 valence electrons. The molecule has 0 radical (unpaired) electrons. The molecule has 20 heavy (non-hydrogen) atoms. The lowest BCUT2D eigenvalue weighted by molar-refractivity contribution is -0.133. The molecule has 0 spiro atoms. The SMILES string of the molecule is O=C(CCc1cccc2cc3ccccc3cc12)O[SiH3]. The molecule has 3 rings (SSSR count). The number of hydrogen-bond donors (Lipinski definition) is 0. The van der Waals surface area contributed by atoms with E-state index in [4.69, 9.17) is 4.43 Å². The van der Waals surface area contributed by atoms with E-state index in [1.807, 2.05) is 0 Å². The van der Waals surface area contributed by atoms with Gasteiger partial charge in [0.25, 0.3) is 5.97 Å². The highest BCUT2D eigenvalue weighted by Gasteiger charge is 2.06. The monoisotopic (exact) mass is 280 g/mol.